The Balaban J connectivity index is 1.79. The molecule has 0 saturated heterocycles. The fraction of sp³-hybridized carbons (Fsp3) is 0.261. The smallest absolute Gasteiger partial charge is 0.360 e. The first kappa shape index (κ1) is 21.9. The van der Waals surface area contributed by atoms with Crippen LogP contribution in [0, 0.1) is 0 Å². The Morgan fingerprint density at radius 3 is 2.32 bits per heavy atom. The van der Waals surface area contributed by atoms with E-state index in [1.807, 2.05) is 6.92 Å². The normalized spacial score (nSPS) is 11.7. The fourth-order valence-electron chi connectivity index (χ4n) is 3.05. The van der Waals surface area contributed by atoms with Crippen LogP contribution in [0.4, 0.5) is 5.69 Å². The quantitative estimate of drug-likeness (QED) is 0.464. The van der Waals surface area contributed by atoms with Gasteiger partial charge in [-0.1, -0.05) is 25.1 Å². The van der Waals surface area contributed by atoms with E-state index in [0.29, 0.717) is 35.0 Å². The number of ether oxygens (including phenoxy) is 1. The van der Waals surface area contributed by atoms with Crippen molar-refractivity contribution in [3.05, 3.63) is 70.1 Å². The molecule has 0 fully saturated rings. The van der Waals surface area contributed by atoms with Crippen LogP contribution in [0.25, 0.3) is 10.8 Å². The predicted molar refractivity (Wildman–Crippen MR) is 116 cm³/mol. The van der Waals surface area contributed by atoms with E-state index < -0.39 is 18.0 Å². The molecule has 0 spiro atoms. The van der Waals surface area contributed by atoms with Crippen LogP contribution in [-0.2, 0) is 16.1 Å². The van der Waals surface area contributed by atoms with E-state index >= 15 is 0 Å². The summed E-state index contributed by atoms with van der Waals surface area (Å²) in [5.41, 5.74) is 0.693. The van der Waals surface area contributed by atoms with Crippen molar-refractivity contribution in [2.24, 2.45) is 0 Å². The number of benzene rings is 2. The average molecular weight is 421 g/mol. The number of anilines is 1. The van der Waals surface area contributed by atoms with Crippen LogP contribution in [-0.4, -0.2) is 33.5 Å². The number of carbonyl (C=O) groups is 3. The lowest BCUT2D eigenvalue weighted by atomic mass is 10.1. The number of carbonyl (C=O) groups excluding carboxylic acids is 3. The summed E-state index contributed by atoms with van der Waals surface area (Å²) in [5.74, 6) is -1.41. The minimum absolute atomic E-state index is 0.0193. The van der Waals surface area contributed by atoms with Gasteiger partial charge in [-0.2, -0.15) is 5.10 Å². The van der Waals surface area contributed by atoms with E-state index in [-0.39, 0.29) is 17.0 Å². The van der Waals surface area contributed by atoms with Gasteiger partial charge in [0.1, 0.15) is 0 Å². The van der Waals surface area contributed by atoms with E-state index in [1.165, 1.54) is 18.5 Å². The number of rotatable bonds is 7. The second-order valence-electron chi connectivity index (χ2n) is 7.09. The molecule has 1 amide bonds. The number of Topliss-reactive ketones (excluding diaryl/α,β-unsaturated/α-hetero) is 1. The Kier molecular flexibility index (Phi) is 6.59. The second kappa shape index (κ2) is 9.34. The molecule has 1 heterocycles. The monoisotopic (exact) mass is 421 g/mol. The summed E-state index contributed by atoms with van der Waals surface area (Å²) in [5, 5.41) is 7.55. The van der Waals surface area contributed by atoms with E-state index in [0.717, 1.165) is 0 Å². The van der Waals surface area contributed by atoms with Gasteiger partial charge in [0.15, 0.2) is 17.6 Å². The molecule has 0 saturated carbocycles. The minimum Gasteiger partial charge on any atom is -0.448 e. The average Bonchev–Trinajstić information content (AvgIpc) is 2.76. The molecule has 1 atom stereocenters. The lowest BCUT2D eigenvalue weighted by molar-refractivity contribution is -0.123. The summed E-state index contributed by atoms with van der Waals surface area (Å²) in [4.78, 5) is 49.2. The van der Waals surface area contributed by atoms with Crippen molar-refractivity contribution >= 4 is 34.1 Å². The molecule has 160 valence electrons. The molecule has 3 aromatic rings. The lowest BCUT2D eigenvalue weighted by Crippen LogP contribution is -2.32. The van der Waals surface area contributed by atoms with E-state index in [1.54, 1.807) is 48.5 Å². The molecule has 0 unspecified atom stereocenters. The van der Waals surface area contributed by atoms with Gasteiger partial charge in [0.25, 0.3) is 11.5 Å². The zero-order valence-corrected chi connectivity index (χ0v) is 17.5. The van der Waals surface area contributed by atoms with E-state index in [4.69, 9.17) is 4.74 Å². The second-order valence-corrected chi connectivity index (χ2v) is 7.09. The maximum atomic E-state index is 12.8. The van der Waals surface area contributed by atoms with Gasteiger partial charge < -0.3 is 10.1 Å². The highest BCUT2D eigenvalue weighted by Gasteiger charge is 2.23. The van der Waals surface area contributed by atoms with Crippen molar-refractivity contribution in [3.63, 3.8) is 0 Å². The van der Waals surface area contributed by atoms with Gasteiger partial charge in [0.05, 0.1) is 5.39 Å². The van der Waals surface area contributed by atoms with Crippen LogP contribution in [0.2, 0.25) is 0 Å². The van der Waals surface area contributed by atoms with Crippen molar-refractivity contribution in [2.75, 3.05) is 5.32 Å². The number of hydrogen-bond donors (Lipinski definition) is 1. The summed E-state index contributed by atoms with van der Waals surface area (Å²) in [7, 11) is 0. The van der Waals surface area contributed by atoms with Gasteiger partial charge in [-0.15, -0.1) is 0 Å². The van der Waals surface area contributed by atoms with E-state index in [2.05, 4.69) is 10.4 Å². The number of ketones is 1. The molecule has 2 aromatic carbocycles. The zero-order chi connectivity index (χ0) is 22.5. The molecule has 8 heteroatoms. The Morgan fingerprint density at radius 2 is 1.71 bits per heavy atom. The summed E-state index contributed by atoms with van der Waals surface area (Å²) < 4.78 is 6.57. The van der Waals surface area contributed by atoms with Crippen LogP contribution < -0.4 is 10.9 Å². The number of fused-ring (bicyclic) bond motifs is 1. The highest BCUT2D eigenvalue weighted by atomic mass is 16.5. The van der Waals surface area contributed by atoms with E-state index in [9.17, 15) is 19.2 Å². The fourth-order valence-corrected chi connectivity index (χ4v) is 3.05. The maximum absolute atomic E-state index is 12.8. The van der Waals surface area contributed by atoms with Crippen molar-refractivity contribution < 1.29 is 19.1 Å². The SMILES string of the molecule is CCCn1nc(C(=O)O[C@H](C)C(=O)Nc2ccc(C(C)=O)cc2)c2ccccc2c1=O. The van der Waals surface area contributed by atoms with Gasteiger partial charge in [0.2, 0.25) is 0 Å². The molecule has 1 N–H and O–H groups in total. The van der Waals surface area contributed by atoms with Crippen LogP contribution in [0.3, 0.4) is 0 Å². The highest BCUT2D eigenvalue weighted by Crippen LogP contribution is 2.16. The predicted octanol–water partition coefficient (Wildman–Crippen LogP) is 3.19. The van der Waals surface area contributed by atoms with Crippen molar-refractivity contribution in [1.82, 2.24) is 9.78 Å². The summed E-state index contributed by atoms with van der Waals surface area (Å²) >= 11 is 0. The van der Waals surface area contributed by atoms with Gasteiger partial charge in [0, 0.05) is 23.2 Å². The number of amides is 1. The third-order valence-corrected chi connectivity index (χ3v) is 4.71. The number of esters is 1. The number of hydrogen-bond acceptors (Lipinski definition) is 6. The molecule has 3 rings (SSSR count). The lowest BCUT2D eigenvalue weighted by Gasteiger charge is -2.15. The molecule has 0 radical (unpaired) electrons. The van der Waals surface area contributed by atoms with Crippen LogP contribution in [0.5, 0.6) is 0 Å². The van der Waals surface area contributed by atoms with Gasteiger partial charge in [-0.3, -0.25) is 14.4 Å². The van der Waals surface area contributed by atoms with Gasteiger partial charge in [-0.25, -0.2) is 9.48 Å². The first-order valence-electron chi connectivity index (χ1n) is 9.94. The van der Waals surface area contributed by atoms with Gasteiger partial charge >= 0.3 is 5.97 Å². The number of aromatic nitrogens is 2. The Morgan fingerprint density at radius 1 is 1.06 bits per heavy atom. The highest BCUT2D eigenvalue weighted by molar-refractivity contribution is 6.04. The molecule has 8 nitrogen and oxygen atoms in total. The molecule has 31 heavy (non-hydrogen) atoms. The molecule has 1 aromatic heterocycles. The maximum Gasteiger partial charge on any atom is 0.360 e. The number of nitrogens with zero attached hydrogens (tertiary/aromatic N) is 2. The molecular formula is C23H23N3O5. The van der Waals surface area contributed by atoms with Crippen molar-refractivity contribution in [3.8, 4) is 0 Å². The Bertz CT molecular complexity index is 1200. The van der Waals surface area contributed by atoms with Crippen LogP contribution in [0.1, 0.15) is 48.0 Å². The largest absolute Gasteiger partial charge is 0.448 e. The Hall–Kier alpha value is -3.81. The molecule has 0 aliphatic heterocycles. The standard InChI is InChI=1S/C23H23N3O5/c1-4-13-26-22(29)19-8-6-5-7-18(19)20(25-26)23(30)31-15(3)21(28)24-17-11-9-16(10-12-17)14(2)27/h5-12,15H,4,13H2,1-3H3,(H,24,28)/t15-/m1/s1. The first-order chi connectivity index (χ1) is 14.8. The summed E-state index contributed by atoms with van der Waals surface area (Å²) in [6, 6.07) is 13.1. The minimum atomic E-state index is -1.10. The van der Waals surface area contributed by atoms with Crippen molar-refractivity contribution in [2.45, 2.75) is 39.8 Å². The summed E-state index contributed by atoms with van der Waals surface area (Å²) in [6.07, 6.45) is -0.437. The van der Waals surface area contributed by atoms with Crippen LogP contribution in [0.15, 0.2) is 53.3 Å². The van der Waals surface area contributed by atoms with Crippen molar-refractivity contribution in [1.29, 1.82) is 0 Å². The first-order valence-corrected chi connectivity index (χ1v) is 9.94. The molecule has 0 bridgehead atoms. The summed E-state index contributed by atoms with van der Waals surface area (Å²) in [6.45, 7) is 5.16. The third-order valence-electron chi connectivity index (χ3n) is 4.71. The third kappa shape index (κ3) is 4.85. The number of aryl methyl sites for hydroxylation is 1. The number of nitrogens with one attached hydrogen (secondary N) is 1. The zero-order valence-electron chi connectivity index (χ0n) is 17.5. The molecule has 0 aliphatic rings. The Labute approximate surface area is 178 Å². The topological polar surface area (TPSA) is 107 Å². The van der Waals surface area contributed by atoms with Gasteiger partial charge in [-0.05, 0) is 50.6 Å². The molecular weight excluding hydrogens is 398 g/mol. The molecule has 0 aliphatic carbocycles. The van der Waals surface area contributed by atoms with Crippen LogP contribution >= 0.6 is 0 Å².